The lowest BCUT2D eigenvalue weighted by Gasteiger charge is -2.13. The summed E-state index contributed by atoms with van der Waals surface area (Å²) in [6.07, 6.45) is 0. The molecule has 0 unspecified atom stereocenters. The molecule has 0 atom stereocenters. The number of amides is 1. The number of rotatable bonds is 5. The summed E-state index contributed by atoms with van der Waals surface area (Å²) < 4.78 is 29.8. The highest BCUT2D eigenvalue weighted by Crippen LogP contribution is 2.25. The second kappa shape index (κ2) is 8.55. The molecule has 2 aromatic heterocycles. The lowest BCUT2D eigenvalue weighted by Crippen LogP contribution is -2.23. The number of carbonyl (C=O) groups is 1. The van der Waals surface area contributed by atoms with Gasteiger partial charge in [-0.05, 0) is 41.8 Å². The Hall–Kier alpha value is -2.75. The molecule has 30 heavy (non-hydrogen) atoms. The highest BCUT2D eigenvalue weighted by Gasteiger charge is 2.18. The van der Waals surface area contributed by atoms with Crippen molar-refractivity contribution in [3.8, 4) is 5.69 Å². The molecule has 1 amide bonds. The van der Waals surface area contributed by atoms with Crippen LogP contribution in [0.15, 0.2) is 63.9 Å². The summed E-state index contributed by atoms with van der Waals surface area (Å²) in [5.74, 6) is -1.94. The Morgan fingerprint density at radius 2 is 1.97 bits per heavy atom. The van der Waals surface area contributed by atoms with Gasteiger partial charge in [-0.15, -0.1) is 11.3 Å². The molecule has 0 saturated heterocycles. The summed E-state index contributed by atoms with van der Waals surface area (Å²) in [4.78, 5) is 29.7. The zero-order chi connectivity index (χ0) is 21.3. The van der Waals surface area contributed by atoms with Crippen molar-refractivity contribution in [2.24, 2.45) is 0 Å². The topological polar surface area (TPSA) is 64.0 Å². The Bertz CT molecular complexity index is 1320. The van der Waals surface area contributed by atoms with E-state index in [1.165, 1.54) is 41.7 Å². The fraction of sp³-hybridized carbons (Fsp3) is 0.0500. The molecule has 0 aliphatic carbocycles. The van der Waals surface area contributed by atoms with Crippen LogP contribution in [0, 0.1) is 11.6 Å². The van der Waals surface area contributed by atoms with Gasteiger partial charge >= 0.3 is 0 Å². The van der Waals surface area contributed by atoms with Gasteiger partial charge in [-0.25, -0.2) is 13.8 Å². The minimum Gasteiger partial charge on any atom is -0.323 e. The molecule has 0 aliphatic rings. The number of halogens is 3. The van der Waals surface area contributed by atoms with E-state index in [0.717, 1.165) is 22.4 Å². The Morgan fingerprint density at radius 1 is 1.17 bits per heavy atom. The van der Waals surface area contributed by atoms with Gasteiger partial charge in [0.2, 0.25) is 5.91 Å². The van der Waals surface area contributed by atoms with Gasteiger partial charge in [-0.2, -0.15) is 0 Å². The molecule has 0 saturated carbocycles. The first-order chi connectivity index (χ1) is 14.4. The van der Waals surface area contributed by atoms with Crippen LogP contribution in [0.3, 0.4) is 0 Å². The van der Waals surface area contributed by atoms with Crippen LogP contribution >= 0.6 is 34.7 Å². The van der Waals surface area contributed by atoms with Crippen LogP contribution in [0.1, 0.15) is 0 Å². The fourth-order valence-electron chi connectivity index (χ4n) is 2.74. The number of nitrogens with zero attached hydrogens (tertiary/aromatic N) is 2. The van der Waals surface area contributed by atoms with Crippen LogP contribution in [-0.2, 0) is 4.79 Å². The van der Waals surface area contributed by atoms with Crippen molar-refractivity contribution in [2.45, 2.75) is 5.16 Å². The van der Waals surface area contributed by atoms with Crippen LogP contribution in [0.4, 0.5) is 14.5 Å². The Labute approximate surface area is 182 Å². The Kier molecular flexibility index (Phi) is 5.85. The van der Waals surface area contributed by atoms with Crippen LogP contribution in [-0.4, -0.2) is 21.2 Å². The van der Waals surface area contributed by atoms with E-state index in [1.807, 2.05) is 0 Å². The molecule has 4 aromatic rings. The van der Waals surface area contributed by atoms with E-state index in [9.17, 15) is 18.4 Å². The van der Waals surface area contributed by atoms with Crippen LogP contribution in [0.2, 0.25) is 5.02 Å². The van der Waals surface area contributed by atoms with E-state index >= 15 is 0 Å². The third-order valence-electron chi connectivity index (χ3n) is 4.08. The van der Waals surface area contributed by atoms with Gasteiger partial charge in [0.05, 0.1) is 22.6 Å². The van der Waals surface area contributed by atoms with Crippen molar-refractivity contribution >= 4 is 56.5 Å². The monoisotopic (exact) mass is 463 g/mol. The molecule has 0 aliphatic heterocycles. The first-order valence-electron chi connectivity index (χ1n) is 8.57. The van der Waals surface area contributed by atoms with Gasteiger partial charge in [0.1, 0.15) is 16.3 Å². The van der Waals surface area contributed by atoms with Crippen LogP contribution in [0.25, 0.3) is 15.9 Å². The van der Waals surface area contributed by atoms with Gasteiger partial charge in [0.25, 0.3) is 5.56 Å². The molecular formula is C20H12ClF2N3O2S2. The molecule has 0 radical (unpaired) electrons. The SMILES string of the molecule is O=C(CSc1nc2ccsc2c(=O)n1-c1ccccc1F)Nc1ccc(Cl)cc1F. The smallest absolute Gasteiger partial charge is 0.276 e. The lowest BCUT2D eigenvalue weighted by molar-refractivity contribution is -0.113. The zero-order valence-corrected chi connectivity index (χ0v) is 17.5. The lowest BCUT2D eigenvalue weighted by atomic mass is 10.3. The molecule has 2 heterocycles. The van der Waals surface area contributed by atoms with E-state index in [4.69, 9.17) is 11.6 Å². The number of nitrogens with one attached hydrogen (secondary N) is 1. The van der Waals surface area contributed by atoms with Crippen molar-refractivity contribution in [1.82, 2.24) is 9.55 Å². The number of benzene rings is 2. The summed E-state index contributed by atoms with van der Waals surface area (Å²) >= 11 is 7.86. The molecule has 0 spiro atoms. The number of thioether (sulfide) groups is 1. The van der Waals surface area contributed by atoms with Gasteiger partial charge in [-0.3, -0.25) is 14.2 Å². The van der Waals surface area contributed by atoms with Gasteiger partial charge in [0, 0.05) is 5.02 Å². The van der Waals surface area contributed by atoms with Crippen molar-refractivity contribution in [3.63, 3.8) is 0 Å². The third-order valence-corrected chi connectivity index (χ3v) is 6.15. The maximum atomic E-state index is 14.4. The Morgan fingerprint density at radius 3 is 2.73 bits per heavy atom. The highest BCUT2D eigenvalue weighted by atomic mass is 35.5. The number of hydrogen-bond acceptors (Lipinski definition) is 5. The van der Waals surface area contributed by atoms with Crippen LogP contribution < -0.4 is 10.9 Å². The van der Waals surface area contributed by atoms with E-state index in [1.54, 1.807) is 17.5 Å². The number of carbonyl (C=O) groups excluding carboxylic acids is 1. The number of fused-ring (bicyclic) bond motifs is 1. The average molecular weight is 464 g/mol. The van der Waals surface area contributed by atoms with E-state index < -0.39 is 23.1 Å². The second-order valence-electron chi connectivity index (χ2n) is 6.08. The van der Waals surface area contributed by atoms with Gasteiger partial charge in [-0.1, -0.05) is 35.5 Å². The minimum atomic E-state index is -0.665. The molecule has 152 valence electrons. The van der Waals surface area contributed by atoms with E-state index in [2.05, 4.69) is 10.3 Å². The number of hydrogen-bond donors (Lipinski definition) is 1. The molecule has 1 N–H and O–H groups in total. The molecule has 2 aromatic carbocycles. The molecule has 5 nitrogen and oxygen atoms in total. The zero-order valence-electron chi connectivity index (χ0n) is 15.1. The average Bonchev–Trinajstić information content (AvgIpc) is 3.18. The van der Waals surface area contributed by atoms with Crippen molar-refractivity contribution < 1.29 is 13.6 Å². The first-order valence-corrected chi connectivity index (χ1v) is 10.8. The normalized spacial score (nSPS) is 11.0. The van der Waals surface area contributed by atoms with E-state index in [-0.39, 0.29) is 27.3 Å². The quantitative estimate of drug-likeness (QED) is 0.330. The maximum Gasteiger partial charge on any atom is 0.276 e. The number of anilines is 1. The second-order valence-corrected chi connectivity index (χ2v) is 8.38. The predicted octanol–water partition coefficient (Wildman–Crippen LogP) is 5.11. The summed E-state index contributed by atoms with van der Waals surface area (Å²) in [5, 5.41) is 4.53. The summed E-state index contributed by atoms with van der Waals surface area (Å²) in [6, 6.07) is 11.4. The van der Waals surface area contributed by atoms with E-state index in [0.29, 0.717) is 10.2 Å². The van der Waals surface area contributed by atoms with Crippen molar-refractivity contribution in [1.29, 1.82) is 0 Å². The molecule has 0 fully saturated rings. The molecule has 10 heteroatoms. The predicted molar refractivity (Wildman–Crippen MR) is 116 cm³/mol. The Balaban J connectivity index is 1.65. The molecule has 4 rings (SSSR count). The number of thiophene rings is 1. The summed E-state index contributed by atoms with van der Waals surface area (Å²) in [7, 11) is 0. The van der Waals surface area contributed by atoms with Crippen molar-refractivity contribution in [3.05, 3.63) is 80.9 Å². The standard InChI is InChI=1S/C20H12ClF2N3O2S2/c21-11-5-6-14(13(23)9-11)24-17(27)10-30-20-25-15-7-8-29-18(15)19(28)26(20)16-4-2-1-3-12(16)22/h1-9H,10H2,(H,24,27). The first kappa shape index (κ1) is 20.5. The number of para-hydroxylation sites is 1. The van der Waals surface area contributed by atoms with Crippen molar-refractivity contribution in [2.75, 3.05) is 11.1 Å². The molecule has 0 bridgehead atoms. The van der Waals surface area contributed by atoms with Gasteiger partial charge in [0.15, 0.2) is 5.16 Å². The van der Waals surface area contributed by atoms with Gasteiger partial charge < -0.3 is 5.32 Å². The fourth-order valence-corrected chi connectivity index (χ4v) is 4.47. The molecular weight excluding hydrogens is 452 g/mol. The summed E-state index contributed by atoms with van der Waals surface area (Å²) in [6.45, 7) is 0. The highest BCUT2D eigenvalue weighted by molar-refractivity contribution is 7.99. The largest absolute Gasteiger partial charge is 0.323 e. The van der Waals surface area contributed by atoms with Crippen LogP contribution in [0.5, 0.6) is 0 Å². The number of aromatic nitrogens is 2. The third kappa shape index (κ3) is 4.09. The minimum absolute atomic E-state index is 0.0160. The summed E-state index contributed by atoms with van der Waals surface area (Å²) in [5.41, 5.74) is 0.0608. The maximum absolute atomic E-state index is 14.4.